The van der Waals surface area contributed by atoms with Crippen LogP contribution in [0.15, 0.2) is 48.7 Å². The molecule has 1 fully saturated rings. The van der Waals surface area contributed by atoms with Crippen molar-refractivity contribution in [3.05, 3.63) is 59.8 Å². The molecule has 0 unspecified atom stereocenters. The zero-order valence-electron chi connectivity index (χ0n) is 24.5. The summed E-state index contributed by atoms with van der Waals surface area (Å²) in [5.74, 6) is 2.04. The molecule has 6 heteroatoms. The van der Waals surface area contributed by atoms with Gasteiger partial charge < -0.3 is 9.64 Å². The summed E-state index contributed by atoms with van der Waals surface area (Å²) >= 11 is 0. The van der Waals surface area contributed by atoms with Gasteiger partial charge >= 0.3 is 0 Å². The van der Waals surface area contributed by atoms with Crippen molar-refractivity contribution in [3.63, 3.8) is 0 Å². The van der Waals surface area contributed by atoms with E-state index in [1.807, 2.05) is 52.0 Å². The lowest BCUT2D eigenvalue weighted by Gasteiger charge is -2.25. The van der Waals surface area contributed by atoms with Crippen LogP contribution in [0.3, 0.4) is 0 Å². The van der Waals surface area contributed by atoms with Gasteiger partial charge in [0.15, 0.2) is 0 Å². The first-order chi connectivity index (χ1) is 18.9. The van der Waals surface area contributed by atoms with Gasteiger partial charge in [0.05, 0.1) is 12.6 Å². The van der Waals surface area contributed by atoms with E-state index in [4.69, 9.17) is 9.84 Å². The molecule has 1 aromatic carbocycles. The molecular formula is C33H46N4O2. The smallest absolute Gasteiger partial charge is 0.253 e. The quantitative estimate of drug-likeness (QED) is 0.252. The third-order valence-corrected chi connectivity index (χ3v) is 7.62. The van der Waals surface area contributed by atoms with E-state index in [1.165, 1.54) is 19.3 Å². The lowest BCUT2D eigenvalue weighted by Crippen LogP contribution is -2.34. The van der Waals surface area contributed by atoms with Gasteiger partial charge in [-0.25, -0.2) is 4.52 Å². The Labute approximate surface area is 234 Å². The zero-order chi connectivity index (χ0) is 27.8. The van der Waals surface area contributed by atoms with E-state index in [0.717, 1.165) is 79.2 Å². The number of benzene rings is 1. The van der Waals surface area contributed by atoms with Crippen LogP contribution in [0.2, 0.25) is 0 Å². The molecule has 1 aliphatic rings. The van der Waals surface area contributed by atoms with Crippen molar-refractivity contribution >= 4 is 17.5 Å². The second-order valence-electron chi connectivity index (χ2n) is 11.7. The molecule has 210 valence electrons. The molecule has 1 aliphatic heterocycles. The highest BCUT2D eigenvalue weighted by molar-refractivity contribution is 5.96. The number of ether oxygens (including phenoxy) is 1. The van der Waals surface area contributed by atoms with Crippen molar-refractivity contribution in [3.8, 4) is 17.0 Å². The average molecular weight is 531 g/mol. The Balaban J connectivity index is 1.69. The maximum absolute atomic E-state index is 13.8. The number of hydrogen-bond donors (Lipinski definition) is 0. The number of rotatable bonds is 12. The minimum atomic E-state index is 0.106. The normalized spacial score (nSPS) is 14.6. The number of amides is 1. The van der Waals surface area contributed by atoms with Crippen LogP contribution in [0.4, 0.5) is 0 Å². The fraction of sp³-hybridized carbons (Fsp3) is 0.515. The van der Waals surface area contributed by atoms with Crippen molar-refractivity contribution in [2.75, 3.05) is 39.8 Å². The Hall–Kier alpha value is -3.12. The van der Waals surface area contributed by atoms with Crippen molar-refractivity contribution in [2.24, 2.45) is 11.8 Å². The molecule has 2 aromatic heterocycles. The summed E-state index contributed by atoms with van der Waals surface area (Å²) in [7, 11) is 1.68. The zero-order valence-corrected chi connectivity index (χ0v) is 24.5. The Bertz CT molecular complexity index is 1220. The van der Waals surface area contributed by atoms with Crippen LogP contribution in [-0.2, 0) is 0 Å². The highest BCUT2D eigenvalue weighted by atomic mass is 16.5. The third kappa shape index (κ3) is 7.72. The number of methoxy groups -OCH3 is 1. The average Bonchev–Trinajstić information content (AvgIpc) is 3.30. The van der Waals surface area contributed by atoms with Gasteiger partial charge in [0.1, 0.15) is 11.4 Å². The van der Waals surface area contributed by atoms with Crippen molar-refractivity contribution in [1.82, 2.24) is 19.4 Å². The standard InChI is InChI=1S/C33H46N4O2/c1-25(2)15-21-36(22-16-26(3)4)33(38)28-17-23-37-31(24-28)30(10-9-20-35-18-7-6-8-19-35)32(34-37)27-11-13-29(39-5)14-12-27/h9-14,17,23-26H,6-8,15-16,18-22H2,1-5H3/b10-9+. The number of pyridine rings is 1. The molecule has 1 saturated heterocycles. The summed E-state index contributed by atoms with van der Waals surface area (Å²) in [6.45, 7) is 13.7. The Morgan fingerprint density at radius 1 is 1.00 bits per heavy atom. The van der Waals surface area contributed by atoms with E-state index in [9.17, 15) is 4.79 Å². The van der Waals surface area contributed by atoms with Crippen molar-refractivity contribution in [1.29, 1.82) is 0 Å². The lowest BCUT2D eigenvalue weighted by atomic mass is 10.0. The first-order valence-electron chi connectivity index (χ1n) is 14.7. The number of likely N-dealkylation sites (tertiary alicyclic amines) is 1. The highest BCUT2D eigenvalue weighted by Crippen LogP contribution is 2.30. The second-order valence-corrected chi connectivity index (χ2v) is 11.7. The van der Waals surface area contributed by atoms with Crippen LogP contribution in [0.25, 0.3) is 22.9 Å². The molecule has 0 spiro atoms. The molecule has 0 radical (unpaired) electrons. The first kappa shape index (κ1) is 28.9. The SMILES string of the molecule is COc1ccc(-c2nn3ccc(C(=O)N(CCC(C)C)CCC(C)C)cc3c2/C=C/CN2CCCCC2)cc1. The molecule has 0 N–H and O–H groups in total. The van der Waals surface area contributed by atoms with E-state index < -0.39 is 0 Å². The summed E-state index contributed by atoms with van der Waals surface area (Å²) in [5, 5.41) is 4.95. The van der Waals surface area contributed by atoms with Crippen molar-refractivity contribution < 1.29 is 9.53 Å². The van der Waals surface area contributed by atoms with Gasteiger partial charge in [0, 0.05) is 42.5 Å². The molecule has 0 atom stereocenters. The molecule has 0 bridgehead atoms. The summed E-state index contributed by atoms with van der Waals surface area (Å²) in [4.78, 5) is 18.3. The van der Waals surface area contributed by atoms with Crippen LogP contribution in [0.1, 0.15) is 75.7 Å². The highest BCUT2D eigenvalue weighted by Gasteiger charge is 2.20. The molecule has 1 amide bonds. The predicted octanol–water partition coefficient (Wildman–Crippen LogP) is 7.04. The van der Waals surface area contributed by atoms with Crippen LogP contribution in [-0.4, -0.2) is 65.2 Å². The molecule has 0 aliphatic carbocycles. The van der Waals surface area contributed by atoms with Crippen LogP contribution in [0, 0.1) is 11.8 Å². The Morgan fingerprint density at radius 2 is 1.67 bits per heavy atom. The van der Waals surface area contributed by atoms with Gasteiger partial charge in [-0.1, -0.05) is 46.3 Å². The minimum absolute atomic E-state index is 0.106. The molecule has 39 heavy (non-hydrogen) atoms. The molecule has 6 nitrogen and oxygen atoms in total. The van der Waals surface area contributed by atoms with Gasteiger partial charge in [-0.3, -0.25) is 9.69 Å². The van der Waals surface area contributed by atoms with Crippen molar-refractivity contribution in [2.45, 2.75) is 59.8 Å². The van der Waals surface area contributed by atoms with Gasteiger partial charge in [-0.2, -0.15) is 5.10 Å². The summed E-state index contributed by atoms with van der Waals surface area (Å²) in [6, 6.07) is 12.0. The summed E-state index contributed by atoms with van der Waals surface area (Å²) < 4.78 is 7.28. The number of hydrogen-bond acceptors (Lipinski definition) is 4. The lowest BCUT2D eigenvalue weighted by molar-refractivity contribution is 0.0741. The van der Waals surface area contributed by atoms with E-state index in [0.29, 0.717) is 11.8 Å². The molecule has 3 aromatic rings. The van der Waals surface area contributed by atoms with Gasteiger partial charge in [-0.05, 0) is 87.0 Å². The predicted molar refractivity (Wildman–Crippen MR) is 161 cm³/mol. The van der Waals surface area contributed by atoms with Crippen LogP contribution in [0.5, 0.6) is 5.75 Å². The van der Waals surface area contributed by atoms with Gasteiger partial charge in [-0.15, -0.1) is 0 Å². The number of carbonyl (C=O) groups excluding carboxylic acids is 1. The van der Waals surface area contributed by atoms with Gasteiger partial charge in [0.2, 0.25) is 0 Å². The number of fused-ring (bicyclic) bond motifs is 1. The maximum atomic E-state index is 13.8. The van der Waals surface area contributed by atoms with E-state index in [2.05, 4.69) is 44.7 Å². The fourth-order valence-corrected chi connectivity index (χ4v) is 5.11. The van der Waals surface area contributed by atoms with Crippen LogP contribution < -0.4 is 4.74 Å². The molecular weight excluding hydrogens is 484 g/mol. The maximum Gasteiger partial charge on any atom is 0.253 e. The number of aromatic nitrogens is 2. The Morgan fingerprint density at radius 3 is 2.28 bits per heavy atom. The van der Waals surface area contributed by atoms with E-state index >= 15 is 0 Å². The Kier molecular flexibility index (Phi) is 10.2. The van der Waals surface area contributed by atoms with Crippen LogP contribution >= 0.6 is 0 Å². The minimum Gasteiger partial charge on any atom is -0.497 e. The fourth-order valence-electron chi connectivity index (χ4n) is 5.11. The summed E-state index contributed by atoms with van der Waals surface area (Å²) in [6.07, 6.45) is 12.3. The summed E-state index contributed by atoms with van der Waals surface area (Å²) in [5.41, 5.74) is 4.66. The largest absolute Gasteiger partial charge is 0.497 e. The second kappa shape index (κ2) is 13.8. The molecule has 3 heterocycles. The number of carbonyl (C=O) groups is 1. The number of nitrogens with zero attached hydrogens (tertiary/aromatic N) is 4. The monoisotopic (exact) mass is 530 g/mol. The number of piperidine rings is 1. The molecule has 0 saturated carbocycles. The first-order valence-corrected chi connectivity index (χ1v) is 14.7. The van der Waals surface area contributed by atoms with Gasteiger partial charge in [0.25, 0.3) is 5.91 Å². The molecule has 4 rings (SSSR count). The topological polar surface area (TPSA) is 50.1 Å². The van der Waals surface area contributed by atoms with E-state index in [1.54, 1.807) is 7.11 Å². The third-order valence-electron chi connectivity index (χ3n) is 7.62. The van der Waals surface area contributed by atoms with E-state index in [-0.39, 0.29) is 5.91 Å².